The molecule has 2 N–H and O–H groups in total. The molecule has 3 rings (SSSR count). The number of carbonyl (C=O) groups is 2. The monoisotopic (exact) mass is 396 g/mol. The second-order valence-corrected chi connectivity index (χ2v) is 8.52. The molecule has 1 fully saturated rings. The smallest absolute Gasteiger partial charge is 0.230 e. The minimum absolute atomic E-state index is 0.00583. The van der Waals surface area contributed by atoms with Crippen LogP contribution in [0.5, 0.6) is 0 Å². The van der Waals surface area contributed by atoms with E-state index >= 15 is 0 Å². The highest BCUT2D eigenvalue weighted by atomic mass is 32.2. The summed E-state index contributed by atoms with van der Waals surface area (Å²) < 4.78 is 0. The van der Waals surface area contributed by atoms with E-state index in [0.29, 0.717) is 12.3 Å². The van der Waals surface area contributed by atoms with Gasteiger partial charge in [0.15, 0.2) is 0 Å². The minimum Gasteiger partial charge on any atom is -0.351 e. The number of hydrogen-bond donors (Lipinski definition) is 2. The van der Waals surface area contributed by atoms with E-state index in [0.717, 1.165) is 41.8 Å². The molecule has 28 heavy (non-hydrogen) atoms. The van der Waals surface area contributed by atoms with Gasteiger partial charge in [0.05, 0.1) is 5.75 Å². The Labute approximate surface area is 171 Å². The van der Waals surface area contributed by atoms with Crippen LogP contribution in [-0.4, -0.2) is 17.6 Å². The lowest BCUT2D eigenvalue weighted by Gasteiger charge is -2.12. The van der Waals surface area contributed by atoms with Gasteiger partial charge in [0.25, 0.3) is 0 Å². The van der Waals surface area contributed by atoms with Gasteiger partial charge in [-0.05, 0) is 56.0 Å². The summed E-state index contributed by atoms with van der Waals surface area (Å²) in [6.07, 6.45) is 4.26. The van der Waals surface area contributed by atoms with Crippen molar-refractivity contribution < 1.29 is 9.59 Å². The first-order chi connectivity index (χ1) is 13.5. The van der Waals surface area contributed by atoms with Crippen molar-refractivity contribution in [2.24, 2.45) is 5.92 Å². The van der Waals surface area contributed by atoms with E-state index < -0.39 is 0 Å². The zero-order valence-corrected chi connectivity index (χ0v) is 17.4. The molecule has 0 heterocycles. The van der Waals surface area contributed by atoms with Gasteiger partial charge in [-0.1, -0.05) is 42.7 Å². The first-order valence-corrected chi connectivity index (χ1v) is 10.9. The summed E-state index contributed by atoms with van der Waals surface area (Å²) in [6.45, 7) is 4.58. The fraction of sp³-hybridized carbons (Fsp3) is 0.391. The number of nitrogens with one attached hydrogen (secondary N) is 2. The van der Waals surface area contributed by atoms with Gasteiger partial charge in [-0.15, -0.1) is 11.8 Å². The first-order valence-electron chi connectivity index (χ1n) is 9.88. The fourth-order valence-corrected chi connectivity index (χ4v) is 4.40. The van der Waals surface area contributed by atoms with Gasteiger partial charge in [0, 0.05) is 23.0 Å². The number of carbonyl (C=O) groups excluding carboxylic acids is 2. The maximum atomic E-state index is 12.3. The molecule has 0 bridgehead atoms. The maximum absolute atomic E-state index is 12.3. The van der Waals surface area contributed by atoms with Crippen molar-refractivity contribution in [3.8, 4) is 0 Å². The number of thioether (sulfide) groups is 1. The minimum atomic E-state index is 0.00583. The Hall–Kier alpha value is -2.27. The first kappa shape index (κ1) is 20.5. The Morgan fingerprint density at radius 3 is 2.64 bits per heavy atom. The van der Waals surface area contributed by atoms with E-state index in [4.69, 9.17) is 0 Å². The molecule has 0 radical (unpaired) electrons. The normalized spacial score (nSPS) is 14.1. The highest BCUT2D eigenvalue weighted by Gasteiger charge is 2.22. The molecule has 2 amide bonds. The average molecular weight is 397 g/mol. The summed E-state index contributed by atoms with van der Waals surface area (Å²) in [5, 5.41) is 5.98. The van der Waals surface area contributed by atoms with Gasteiger partial charge in [-0.2, -0.15) is 0 Å². The lowest BCUT2D eigenvalue weighted by molar-refractivity contribution is -0.120. The summed E-state index contributed by atoms with van der Waals surface area (Å²) >= 11 is 1.56. The Morgan fingerprint density at radius 1 is 1.07 bits per heavy atom. The molecular formula is C23H28N2O2S. The molecule has 1 aliphatic carbocycles. The molecule has 0 atom stereocenters. The summed E-state index contributed by atoms with van der Waals surface area (Å²) in [5.74, 6) is 0.656. The SMILES string of the molecule is Cc1ccc(C)c(SCC(=O)NCc2cccc(NC(=O)C3CCCC3)c2)c1. The Morgan fingerprint density at radius 2 is 1.86 bits per heavy atom. The highest BCUT2D eigenvalue weighted by Crippen LogP contribution is 2.26. The van der Waals surface area contributed by atoms with Crippen molar-refractivity contribution in [3.05, 3.63) is 59.2 Å². The predicted octanol–water partition coefficient (Wildman–Crippen LogP) is 4.84. The second-order valence-electron chi connectivity index (χ2n) is 7.51. The average Bonchev–Trinajstić information content (AvgIpc) is 3.22. The molecule has 1 aliphatic rings. The fourth-order valence-electron chi connectivity index (χ4n) is 3.45. The Kier molecular flexibility index (Phi) is 7.15. The predicted molar refractivity (Wildman–Crippen MR) is 116 cm³/mol. The van der Waals surface area contributed by atoms with Crippen LogP contribution in [0.2, 0.25) is 0 Å². The van der Waals surface area contributed by atoms with Crippen LogP contribution in [0.25, 0.3) is 0 Å². The summed E-state index contributed by atoms with van der Waals surface area (Å²) in [5.41, 5.74) is 4.17. The van der Waals surface area contributed by atoms with Crippen LogP contribution in [0.4, 0.5) is 5.69 Å². The third-order valence-electron chi connectivity index (χ3n) is 5.11. The van der Waals surface area contributed by atoms with E-state index in [1.54, 1.807) is 11.8 Å². The van der Waals surface area contributed by atoms with Crippen LogP contribution >= 0.6 is 11.8 Å². The van der Waals surface area contributed by atoms with Crippen LogP contribution in [0.15, 0.2) is 47.4 Å². The van der Waals surface area contributed by atoms with Gasteiger partial charge >= 0.3 is 0 Å². The number of aryl methyl sites for hydroxylation is 2. The van der Waals surface area contributed by atoms with Crippen LogP contribution in [0.1, 0.15) is 42.4 Å². The molecule has 0 aromatic heterocycles. The highest BCUT2D eigenvalue weighted by molar-refractivity contribution is 8.00. The van der Waals surface area contributed by atoms with Crippen molar-refractivity contribution >= 4 is 29.3 Å². The van der Waals surface area contributed by atoms with Gasteiger partial charge < -0.3 is 10.6 Å². The second kappa shape index (κ2) is 9.78. The zero-order chi connectivity index (χ0) is 19.9. The Bertz CT molecular complexity index is 844. The molecule has 5 heteroatoms. The van der Waals surface area contributed by atoms with Crippen LogP contribution in [-0.2, 0) is 16.1 Å². The third kappa shape index (κ3) is 5.86. The van der Waals surface area contributed by atoms with Crippen molar-refractivity contribution in [1.29, 1.82) is 0 Å². The van der Waals surface area contributed by atoms with Crippen molar-refractivity contribution in [3.63, 3.8) is 0 Å². The quantitative estimate of drug-likeness (QED) is 0.659. The molecule has 0 saturated heterocycles. The van der Waals surface area contributed by atoms with Crippen LogP contribution in [0.3, 0.4) is 0 Å². The largest absolute Gasteiger partial charge is 0.351 e. The molecule has 148 valence electrons. The number of amides is 2. The van der Waals surface area contributed by atoms with E-state index in [1.807, 2.05) is 24.3 Å². The van der Waals surface area contributed by atoms with E-state index in [1.165, 1.54) is 11.1 Å². The van der Waals surface area contributed by atoms with Gasteiger partial charge in [-0.25, -0.2) is 0 Å². The lowest BCUT2D eigenvalue weighted by atomic mass is 10.1. The van der Waals surface area contributed by atoms with Gasteiger partial charge in [-0.3, -0.25) is 9.59 Å². The van der Waals surface area contributed by atoms with Gasteiger partial charge in [0.1, 0.15) is 0 Å². The van der Waals surface area contributed by atoms with Crippen molar-refractivity contribution in [2.45, 2.75) is 51.0 Å². The van der Waals surface area contributed by atoms with Gasteiger partial charge in [0.2, 0.25) is 11.8 Å². The topological polar surface area (TPSA) is 58.2 Å². The van der Waals surface area contributed by atoms with E-state index in [2.05, 4.69) is 42.7 Å². The lowest BCUT2D eigenvalue weighted by Crippen LogP contribution is -2.25. The third-order valence-corrected chi connectivity index (χ3v) is 6.27. The number of benzene rings is 2. The molecule has 4 nitrogen and oxygen atoms in total. The molecule has 0 aliphatic heterocycles. The molecule has 0 unspecified atom stereocenters. The van der Waals surface area contributed by atoms with E-state index in [9.17, 15) is 9.59 Å². The van der Waals surface area contributed by atoms with Crippen molar-refractivity contribution in [2.75, 3.05) is 11.1 Å². The molecule has 1 saturated carbocycles. The molecule has 2 aromatic rings. The summed E-state index contributed by atoms with van der Waals surface area (Å²) in [4.78, 5) is 25.6. The maximum Gasteiger partial charge on any atom is 0.230 e. The standard InChI is InChI=1S/C23H28N2O2S/c1-16-10-11-17(2)21(12-16)28-15-22(26)24-14-18-6-5-9-20(13-18)25-23(27)19-7-3-4-8-19/h5-6,9-13,19H,3-4,7-8,14-15H2,1-2H3,(H,24,26)(H,25,27). The van der Waals surface area contributed by atoms with Crippen LogP contribution in [0, 0.1) is 19.8 Å². The summed E-state index contributed by atoms with van der Waals surface area (Å²) in [6, 6.07) is 14.0. The zero-order valence-electron chi connectivity index (χ0n) is 16.6. The number of hydrogen-bond acceptors (Lipinski definition) is 3. The molecule has 0 spiro atoms. The Balaban J connectivity index is 1.48. The van der Waals surface area contributed by atoms with Crippen LogP contribution < -0.4 is 10.6 Å². The number of rotatable bonds is 7. The molecular weight excluding hydrogens is 368 g/mol. The number of anilines is 1. The summed E-state index contributed by atoms with van der Waals surface area (Å²) in [7, 11) is 0. The van der Waals surface area contributed by atoms with E-state index in [-0.39, 0.29) is 17.7 Å². The van der Waals surface area contributed by atoms with Crippen molar-refractivity contribution in [1.82, 2.24) is 5.32 Å². The molecule has 2 aromatic carbocycles.